The summed E-state index contributed by atoms with van der Waals surface area (Å²) in [6.45, 7) is 2.53. The molecule has 1 atom stereocenters. The van der Waals surface area contributed by atoms with E-state index in [1.165, 1.54) is 6.26 Å². The number of hydrogen-bond acceptors (Lipinski definition) is 4. The van der Waals surface area contributed by atoms with Crippen molar-refractivity contribution in [3.8, 4) is 5.75 Å². The molecule has 0 bridgehead atoms. The predicted octanol–water partition coefficient (Wildman–Crippen LogP) is 2.37. The molecule has 0 aliphatic heterocycles. The van der Waals surface area contributed by atoms with Crippen molar-refractivity contribution in [1.29, 1.82) is 0 Å². The lowest BCUT2D eigenvalue weighted by Gasteiger charge is -2.13. The van der Waals surface area contributed by atoms with E-state index in [9.17, 15) is 8.42 Å². The smallest absolute Gasteiger partial charge is 0.148 e. The number of methoxy groups -OCH3 is 1. The third kappa shape index (κ3) is 4.72. The van der Waals surface area contributed by atoms with Crippen LogP contribution in [0.1, 0.15) is 12.5 Å². The van der Waals surface area contributed by atoms with Gasteiger partial charge < -0.3 is 10.1 Å². The Bertz CT molecular complexity index is 725. The molecule has 4 nitrogen and oxygen atoms in total. The molecular weight excluding hydrogens is 286 g/mol. The fourth-order valence-corrected chi connectivity index (χ4v) is 3.34. The van der Waals surface area contributed by atoms with E-state index in [-0.39, 0.29) is 11.8 Å². The van der Waals surface area contributed by atoms with Crippen LogP contribution >= 0.6 is 0 Å². The van der Waals surface area contributed by atoms with Crippen LogP contribution in [0.15, 0.2) is 36.4 Å². The quantitative estimate of drug-likeness (QED) is 0.890. The van der Waals surface area contributed by atoms with E-state index in [4.69, 9.17) is 4.74 Å². The highest BCUT2D eigenvalue weighted by molar-refractivity contribution is 7.90. The van der Waals surface area contributed by atoms with Gasteiger partial charge in [0.05, 0.1) is 12.9 Å². The lowest BCUT2D eigenvalue weighted by atomic mass is 10.1. The van der Waals surface area contributed by atoms with Gasteiger partial charge in [-0.1, -0.05) is 18.2 Å². The Balaban J connectivity index is 2.06. The summed E-state index contributed by atoms with van der Waals surface area (Å²) >= 11 is 0. The summed E-state index contributed by atoms with van der Waals surface area (Å²) in [6, 6.07) is 12.1. The molecule has 0 saturated heterocycles. The zero-order valence-corrected chi connectivity index (χ0v) is 13.4. The van der Waals surface area contributed by atoms with Crippen molar-refractivity contribution in [3.63, 3.8) is 0 Å². The molecule has 0 heterocycles. The topological polar surface area (TPSA) is 55.4 Å². The Morgan fingerprint density at radius 1 is 1.14 bits per heavy atom. The first-order valence-electron chi connectivity index (χ1n) is 6.85. The molecule has 0 amide bonds. The second kappa shape index (κ2) is 6.45. The Labute approximate surface area is 126 Å². The minimum absolute atomic E-state index is 0.0634. The molecule has 2 rings (SSSR count). The maximum absolute atomic E-state index is 11.2. The summed E-state index contributed by atoms with van der Waals surface area (Å²) in [4.78, 5) is 0. The minimum Gasteiger partial charge on any atom is -0.497 e. The van der Waals surface area contributed by atoms with Crippen molar-refractivity contribution >= 4 is 20.6 Å². The standard InChI is InChI=1S/C16H21NO3S/c1-12(11-21(3,18)19)17-10-13-4-5-15-9-16(20-2)7-6-14(15)8-13/h4-9,12,17H,10-11H2,1-3H3. The van der Waals surface area contributed by atoms with Gasteiger partial charge >= 0.3 is 0 Å². The molecule has 0 aliphatic carbocycles. The first kappa shape index (κ1) is 15.8. The van der Waals surface area contributed by atoms with Gasteiger partial charge in [-0.05, 0) is 41.5 Å². The van der Waals surface area contributed by atoms with Crippen LogP contribution < -0.4 is 10.1 Å². The molecule has 1 unspecified atom stereocenters. The van der Waals surface area contributed by atoms with Crippen molar-refractivity contribution in [2.45, 2.75) is 19.5 Å². The fourth-order valence-electron chi connectivity index (χ4n) is 2.32. The zero-order valence-electron chi connectivity index (χ0n) is 12.6. The van der Waals surface area contributed by atoms with Crippen LogP contribution in [0.3, 0.4) is 0 Å². The Kier molecular flexibility index (Phi) is 4.85. The molecule has 0 fully saturated rings. The van der Waals surface area contributed by atoms with Crippen LogP contribution in [0.5, 0.6) is 5.75 Å². The van der Waals surface area contributed by atoms with Crippen LogP contribution in [0, 0.1) is 0 Å². The molecule has 5 heteroatoms. The molecular formula is C16H21NO3S. The first-order chi connectivity index (χ1) is 9.87. The molecule has 0 aromatic heterocycles. The predicted molar refractivity (Wildman–Crippen MR) is 86.5 cm³/mol. The number of sulfone groups is 1. The van der Waals surface area contributed by atoms with Crippen LogP contribution in [-0.2, 0) is 16.4 Å². The van der Waals surface area contributed by atoms with Gasteiger partial charge in [0.2, 0.25) is 0 Å². The maximum Gasteiger partial charge on any atom is 0.148 e. The number of fused-ring (bicyclic) bond motifs is 1. The lowest BCUT2D eigenvalue weighted by molar-refractivity contribution is 0.415. The molecule has 2 aromatic rings. The van der Waals surface area contributed by atoms with Crippen molar-refractivity contribution in [1.82, 2.24) is 5.32 Å². The highest BCUT2D eigenvalue weighted by atomic mass is 32.2. The summed E-state index contributed by atoms with van der Waals surface area (Å²) in [7, 11) is -1.29. The molecule has 1 N–H and O–H groups in total. The van der Waals surface area contributed by atoms with Crippen molar-refractivity contribution in [3.05, 3.63) is 42.0 Å². The average Bonchev–Trinajstić information content (AvgIpc) is 2.42. The summed E-state index contributed by atoms with van der Waals surface area (Å²) in [5, 5.41) is 5.51. The number of benzene rings is 2. The van der Waals surface area contributed by atoms with Gasteiger partial charge in [-0.15, -0.1) is 0 Å². The van der Waals surface area contributed by atoms with Gasteiger partial charge in [0.1, 0.15) is 15.6 Å². The van der Waals surface area contributed by atoms with Crippen LogP contribution in [0.4, 0.5) is 0 Å². The van der Waals surface area contributed by atoms with E-state index in [2.05, 4.69) is 17.4 Å². The third-order valence-electron chi connectivity index (χ3n) is 3.32. The fraction of sp³-hybridized carbons (Fsp3) is 0.375. The summed E-state index contributed by atoms with van der Waals surface area (Å²) in [5.74, 6) is 0.993. The van der Waals surface area contributed by atoms with Gasteiger partial charge in [-0.3, -0.25) is 0 Å². The number of ether oxygens (including phenoxy) is 1. The van der Waals surface area contributed by atoms with E-state index in [0.29, 0.717) is 6.54 Å². The van der Waals surface area contributed by atoms with Crippen molar-refractivity contribution < 1.29 is 13.2 Å². The Morgan fingerprint density at radius 3 is 2.48 bits per heavy atom. The monoisotopic (exact) mass is 307 g/mol. The van der Waals surface area contributed by atoms with E-state index >= 15 is 0 Å². The van der Waals surface area contributed by atoms with Crippen LogP contribution in [0.25, 0.3) is 10.8 Å². The molecule has 114 valence electrons. The molecule has 2 aromatic carbocycles. The largest absolute Gasteiger partial charge is 0.497 e. The number of hydrogen-bond donors (Lipinski definition) is 1. The van der Waals surface area contributed by atoms with E-state index in [1.54, 1.807) is 7.11 Å². The molecule has 0 aliphatic rings. The second-order valence-corrected chi connectivity index (χ2v) is 7.61. The van der Waals surface area contributed by atoms with E-state index in [1.807, 2.05) is 31.2 Å². The van der Waals surface area contributed by atoms with Gasteiger partial charge in [0.25, 0.3) is 0 Å². The van der Waals surface area contributed by atoms with Gasteiger partial charge in [0.15, 0.2) is 0 Å². The molecule has 0 spiro atoms. The normalized spacial score (nSPS) is 13.3. The van der Waals surface area contributed by atoms with Gasteiger partial charge in [-0.25, -0.2) is 8.42 Å². The van der Waals surface area contributed by atoms with Crippen molar-refractivity contribution in [2.75, 3.05) is 19.1 Å². The van der Waals surface area contributed by atoms with Crippen LogP contribution in [0.2, 0.25) is 0 Å². The summed E-state index contributed by atoms with van der Waals surface area (Å²) in [5.41, 5.74) is 1.13. The SMILES string of the molecule is COc1ccc2cc(CNC(C)CS(C)(=O)=O)ccc2c1. The lowest BCUT2D eigenvalue weighted by Crippen LogP contribution is -2.32. The molecule has 21 heavy (non-hydrogen) atoms. The average molecular weight is 307 g/mol. The van der Waals surface area contributed by atoms with Crippen molar-refractivity contribution in [2.24, 2.45) is 0 Å². The zero-order chi connectivity index (χ0) is 15.5. The highest BCUT2D eigenvalue weighted by Gasteiger charge is 2.09. The van der Waals surface area contributed by atoms with E-state index < -0.39 is 9.84 Å². The van der Waals surface area contributed by atoms with Gasteiger partial charge in [-0.2, -0.15) is 0 Å². The first-order valence-corrected chi connectivity index (χ1v) is 8.91. The minimum atomic E-state index is -2.95. The second-order valence-electron chi connectivity index (χ2n) is 5.42. The molecule has 0 saturated carbocycles. The molecule has 0 radical (unpaired) electrons. The highest BCUT2D eigenvalue weighted by Crippen LogP contribution is 2.21. The Hall–Kier alpha value is -1.59. The van der Waals surface area contributed by atoms with Gasteiger partial charge in [0, 0.05) is 18.8 Å². The summed E-state index contributed by atoms with van der Waals surface area (Å²) < 4.78 is 27.7. The number of rotatable bonds is 6. The Morgan fingerprint density at radius 2 is 1.81 bits per heavy atom. The van der Waals surface area contributed by atoms with E-state index in [0.717, 1.165) is 22.1 Å². The maximum atomic E-state index is 11.2. The summed E-state index contributed by atoms with van der Waals surface area (Å²) in [6.07, 6.45) is 1.26. The number of nitrogens with one attached hydrogen (secondary N) is 1. The van der Waals surface area contributed by atoms with Crippen LogP contribution in [-0.4, -0.2) is 33.6 Å². The third-order valence-corrected chi connectivity index (χ3v) is 4.42.